The highest BCUT2D eigenvalue weighted by Crippen LogP contribution is 2.39. The van der Waals surface area contributed by atoms with Gasteiger partial charge in [-0.3, -0.25) is 19.8 Å². The lowest BCUT2D eigenvalue weighted by Gasteiger charge is -2.22. The van der Waals surface area contributed by atoms with E-state index >= 15 is 0 Å². The van der Waals surface area contributed by atoms with Crippen LogP contribution < -0.4 is 9.64 Å². The number of ether oxygens (including phenoxy) is 2. The molecule has 0 saturated carbocycles. The number of aliphatic hydroxyl groups excluding tert-OH is 1. The second-order valence-corrected chi connectivity index (χ2v) is 6.25. The van der Waals surface area contributed by atoms with Crippen LogP contribution in [0.3, 0.4) is 0 Å². The molecule has 4 rings (SSSR count). The number of aryl methyl sites for hydroxylation is 1. The minimum atomic E-state index is -0.782. The quantitative estimate of drug-likeness (QED) is 0.670. The van der Waals surface area contributed by atoms with Crippen LogP contribution in [0.1, 0.15) is 27.8 Å². The maximum Gasteiger partial charge on any atom is 0.264 e. The normalized spacial score (nSPS) is 15.8. The number of amides is 1. The summed E-state index contributed by atoms with van der Waals surface area (Å²) < 4.78 is 11.0. The van der Waals surface area contributed by atoms with Crippen LogP contribution in [0, 0.1) is 6.92 Å². The number of aliphatic hydroxyl groups is 1. The van der Waals surface area contributed by atoms with Gasteiger partial charge in [0, 0.05) is 24.0 Å². The first-order chi connectivity index (χ1) is 13.6. The number of nitrogens with zero attached hydrogens (tertiary/aromatic N) is 4. The van der Waals surface area contributed by atoms with Crippen molar-refractivity contribution in [1.82, 2.24) is 20.2 Å². The number of anilines is 1. The molecule has 0 aromatic carbocycles. The van der Waals surface area contributed by atoms with Crippen LogP contribution in [0.15, 0.2) is 36.8 Å². The maximum absolute atomic E-state index is 13.1. The molecule has 144 valence electrons. The van der Waals surface area contributed by atoms with Gasteiger partial charge in [-0.2, -0.15) is 5.10 Å². The van der Waals surface area contributed by atoms with E-state index in [0.717, 1.165) is 11.1 Å². The number of hydrogen-bond acceptors (Lipinski definition) is 7. The Hall–Kier alpha value is -3.30. The van der Waals surface area contributed by atoms with Crippen LogP contribution in [0.2, 0.25) is 0 Å². The number of pyridine rings is 2. The lowest BCUT2D eigenvalue weighted by Crippen LogP contribution is -2.30. The largest absolute Gasteiger partial charge is 0.495 e. The third-order valence-corrected chi connectivity index (χ3v) is 4.49. The van der Waals surface area contributed by atoms with Gasteiger partial charge in [-0.05, 0) is 24.6 Å². The van der Waals surface area contributed by atoms with Crippen molar-refractivity contribution in [3.05, 3.63) is 53.6 Å². The Labute approximate surface area is 161 Å². The third kappa shape index (κ3) is 3.00. The fraction of sp³-hybridized carbons (Fsp3) is 0.263. The molecule has 3 aromatic rings. The van der Waals surface area contributed by atoms with Gasteiger partial charge in [-0.25, -0.2) is 4.98 Å². The van der Waals surface area contributed by atoms with Gasteiger partial charge >= 0.3 is 0 Å². The molecule has 1 unspecified atom stereocenters. The summed E-state index contributed by atoms with van der Waals surface area (Å²) in [4.78, 5) is 23.4. The number of rotatable bonds is 6. The zero-order valence-electron chi connectivity index (χ0n) is 15.4. The molecule has 9 heteroatoms. The number of fused-ring (bicyclic) bond motifs is 1. The molecule has 4 heterocycles. The summed E-state index contributed by atoms with van der Waals surface area (Å²) >= 11 is 0. The zero-order chi connectivity index (χ0) is 19.7. The topological polar surface area (TPSA) is 113 Å². The van der Waals surface area contributed by atoms with E-state index in [-0.39, 0.29) is 19.1 Å². The van der Waals surface area contributed by atoms with Gasteiger partial charge in [-0.15, -0.1) is 0 Å². The van der Waals surface area contributed by atoms with Crippen LogP contribution in [0.5, 0.6) is 5.75 Å². The molecule has 1 amide bonds. The second-order valence-electron chi connectivity index (χ2n) is 6.25. The highest BCUT2D eigenvalue weighted by molar-refractivity contribution is 6.11. The van der Waals surface area contributed by atoms with Crippen molar-refractivity contribution in [1.29, 1.82) is 0 Å². The lowest BCUT2D eigenvalue weighted by molar-refractivity contribution is 0.0278. The van der Waals surface area contributed by atoms with E-state index in [1.807, 2.05) is 19.1 Å². The van der Waals surface area contributed by atoms with Gasteiger partial charge in [0.25, 0.3) is 5.91 Å². The summed E-state index contributed by atoms with van der Waals surface area (Å²) in [6, 6.07) is 5.35. The number of carbonyl (C=O) groups excluding carboxylic acids is 1. The SMILES string of the molecule is COc1cncc(-c2cc(C)c3c(n2)C(OCCO)N(c2cc[nH]n2)C3=O)c1. The minimum Gasteiger partial charge on any atom is -0.495 e. The van der Waals surface area contributed by atoms with Crippen molar-refractivity contribution < 1.29 is 19.4 Å². The smallest absolute Gasteiger partial charge is 0.264 e. The van der Waals surface area contributed by atoms with E-state index in [0.29, 0.717) is 28.5 Å². The average Bonchev–Trinajstić information content (AvgIpc) is 3.32. The molecule has 3 aromatic heterocycles. The summed E-state index contributed by atoms with van der Waals surface area (Å²) in [6.45, 7) is 1.74. The molecule has 0 radical (unpaired) electrons. The number of methoxy groups -OCH3 is 1. The highest BCUT2D eigenvalue weighted by Gasteiger charge is 2.42. The summed E-state index contributed by atoms with van der Waals surface area (Å²) in [7, 11) is 1.57. The van der Waals surface area contributed by atoms with Gasteiger partial charge in [0.1, 0.15) is 11.4 Å². The van der Waals surface area contributed by atoms with Crippen molar-refractivity contribution in [2.24, 2.45) is 0 Å². The predicted molar refractivity (Wildman–Crippen MR) is 99.9 cm³/mol. The molecule has 0 fully saturated rings. The monoisotopic (exact) mass is 381 g/mol. The van der Waals surface area contributed by atoms with Crippen molar-refractivity contribution >= 4 is 11.7 Å². The highest BCUT2D eigenvalue weighted by atomic mass is 16.5. The molecule has 0 bridgehead atoms. The summed E-state index contributed by atoms with van der Waals surface area (Å²) in [6.07, 6.45) is 4.14. The van der Waals surface area contributed by atoms with Gasteiger partial charge < -0.3 is 14.6 Å². The van der Waals surface area contributed by atoms with Gasteiger partial charge in [-0.1, -0.05) is 0 Å². The molecule has 9 nitrogen and oxygen atoms in total. The first-order valence-electron chi connectivity index (χ1n) is 8.70. The van der Waals surface area contributed by atoms with Crippen LogP contribution in [-0.2, 0) is 4.74 Å². The van der Waals surface area contributed by atoms with Crippen molar-refractivity contribution in [3.63, 3.8) is 0 Å². The Kier molecular flexibility index (Phi) is 4.76. The van der Waals surface area contributed by atoms with Crippen LogP contribution in [-0.4, -0.2) is 51.5 Å². The fourth-order valence-electron chi connectivity index (χ4n) is 3.25. The Morgan fingerprint density at radius 2 is 2.18 bits per heavy atom. The number of H-pyrrole nitrogens is 1. The maximum atomic E-state index is 13.1. The molecule has 0 saturated heterocycles. The molecule has 2 N–H and O–H groups in total. The second kappa shape index (κ2) is 7.37. The molecule has 1 aliphatic rings. The van der Waals surface area contributed by atoms with Crippen LogP contribution >= 0.6 is 0 Å². The Balaban J connectivity index is 1.83. The van der Waals surface area contributed by atoms with Crippen LogP contribution in [0.4, 0.5) is 5.82 Å². The van der Waals surface area contributed by atoms with E-state index in [2.05, 4.69) is 15.2 Å². The molecular formula is C19H19N5O4. The zero-order valence-corrected chi connectivity index (χ0v) is 15.4. The number of aromatic amines is 1. The third-order valence-electron chi connectivity index (χ3n) is 4.49. The van der Waals surface area contributed by atoms with E-state index in [9.17, 15) is 9.90 Å². The lowest BCUT2D eigenvalue weighted by atomic mass is 10.0. The van der Waals surface area contributed by atoms with E-state index in [4.69, 9.17) is 14.5 Å². The number of aromatic nitrogens is 4. The Morgan fingerprint density at radius 1 is 1.32 bits per heavy atom. The Bertz CT molecular complexity index is 1010. The predicted octanol–water partition coefficient (Wildman–Crippen LogP) is 1.85. The number of carbonyl (C=O) groups is 1. The minimum absolute atomic E-state index is 0.0595. The van der Waals surface area contributed by atoms with Gasteiger partial charge in [0.2, 0.25) is 0 Å². The molecule has 0 spiro atoms. The Morgan fingerprint density at radius 3 is 2.89 bits per heavy atom. The first kappa shape index (κ1) is 18.1. The first-order valence-corrected chi connectivity index (χ1v) is 8.70. The van der Waals surface area contributed by atoms with E-state index in [1.54, 1.807) is 31.8 Å². The number of nitrogens with one attached hydrogen (secondary N) is 1. The average molecular weight is 381 g/mol. The van der Waals surface area contributed by atoms with Gasteiger partial charge in [0.05, 0.1) is 37.8 Å². The van der Waals surface area contributed by atoms with Gasteiger partial charge in [0.15, 0.2) is 12.0 Å². The fourth-order valence-corrected chi connectivity index (χ4v) is 3.25. The summed E-state index contributed by atoms with van der Waals surface area (Å²) in [5.41, 5.74) is 3.14. The molecule has 28 heavy (non-hydrogen) atoms. The standard InChI is InChI=1S/C19H19N5O4/c1-11-7-14(12-8-13(27-2)10-20-9-12)22-17-16(11)18(26)24(15-3-4-21-23-15)19(17)28-6-5-25/h3-4,7-10,19,25H,5-6H2,1-2H3,(H,21,23). The summed E-state index contributed by atoms with van der Waals surface area (Å²) in [5, 5.41) is 16.0. The number of hydrogen-bond donors (Lipinski definition) is 2. The van der Waals surface area contributed by atoms with Crippen molar-refractivity contribution in [2.45, 2.75) is 13.2 Å². The molecular weight excluding hydrogens is 362 g/mol. The van der Waals surface area contributed by atoms with Crippen molar-refractivity contribution in [2.75, 3.05) is 25.2 Å². The molecule has 0 aliphatic carbocycles. The molecule has 1 aliphatic heterocycles. The molecule has 1 atom stereocenters. The van der Waals surface area contributed by atoms with E-state index in [1.165, 1.54) is 4.90 Å². The van der Waals surface area contributed by atoms with Crippen LogP contribution in [0.25, 0.3) is 11.3 Å². The summed E-state index contributed by atoms with van der Waals surface area (Å²) in [5.74, 6) is 0.792. The van der Waals surface area contributed by atoms with E-state index < -0.39 is 6.23 Å². The van der Waals surface area contributed by atoms with Crippen molar-refractivity contribution in [3.8, 4) is 17.0 Å².